The molecule has 15 heavy (non-hydrogen) atoms. The fraction of sp³-hybridized carbons (Fsp3) is 1.00. The predicted octanol–water partition coefficient (Wildman–Crippen LogP) is 1.14. The van der Waals surface area contributed by atoms with Gasteiger partial charge >= 0.3 is 0 Å². The zero-order chi connectivity index (χ0) is 10.9. The summed E-state index contributed by atoms with van der Waals surface area (Å²) < 4.78 is 0. The highest BCUT2D eigenvalue weighted by molar-refractivity contribution is 4.90. The lowest BCUT2D eigenvalue weighted by Crippen LogP contribution is -2.48. The molecule has 2 rings (SSSR count). The van der Waals surface area contributed by atoms with Crippen molar-refractivity contribution in [3.05, 3.63) is 0 Å². The highest BCUT2D eigenvalue weighted by Gasteiger charge is 2.35. The first-order chi connectivity index (χ1) is 6.99. The van der Waals surface area contributed by atoms with Crippen LogP contribution in [0.25, 0.3) is 0 Å². The molecule has 0 unspecified atom stereocenters. The first-order valence-corrected chi connectivity index (χ1v) is 6.16. The summed E-state index contributed by atoms with van der Waals surface area (Å²) in [6, 6.07) is 0. The van der Waals surface area contributed by atoms with Crippen molar-refractivity contribution in [1.29, 1.82) is 0 Å². The van der Waals surface area contributed by atoms with Gasteiger partial charge in [-0.15, -0.1) is 0 Å². The van der Waals surface area contributed by atoms with Gasteiger partial charge in [-0.3, -0.25) is 0 Å². The van der Waals surface area contributed by atoms with Gasteiger partial charge in [0.15, 0.2) is 0 Å². The van der Waals surface area contributed by atoms with Gasteiger partial charge in [0.1, 0.15) is 0 Å². The first kappa shape index (κ1) is 11.4. The molecule has 0 atom stereocenters. The molecule has 1 saturated carbocycles. The molecule has 0 amide bonds. The highest BCUT2D eigenvalue weighted by atomic mass is 16.3. The van der Waals surface area contributed by atoms with Gasteiger partial charge in [0, 0.05) is 19.6 Å². The lowest BCUT2D eigenvalue weighted by Gasteiger charge is -2.39. The fourth-order valence-electron chi connectivity index (χ4n) is 2.80. The average Bonchev–Trinajstić information content (AvgIpc) is 2.57. The zero-order valence-corrected chi connectivity index (χ0v) is 9.71. The summed E-state index contributed by atoms with van der Waals surface area (Å²) in [5, 5.41) is 20.1. The standard InChI is InChI=1S/C12H23NO2/c1-11(14)6-8-13(9-7-11)10-12(15)4-2-3-5-12/h14-15H,2-10H2,1H3. The molecule has 88 valence electrons. The number of rotatable bonds is 2. The van der Waals surface area contributed by atoms with E-state index in [9.17, 15) is 10.2 Å². The van der Waals surface area contributed by atoms with Crippen LogP contribution in [0.3, 0.4) is 0 Å². The van der Waals surface area contributed by atoms with Crippen molar-refractivity contribution in [3.63, 3.8) is 0 Å². The smallest absolute Gasteiger partial charge is 0.0774 e. The molecule has 3 heteroatoms. The number of β-amino-alcohol motifs (C(OH)–C–C–N with tert-alkyl or cyclic N) is 1. The number of piperidine rings is 1. The fourth-order valence-corrected chi connectivity index (χ4v) is 2.80. The second-order valence-electron chi connectivity index (χ2n) is 5.70. The van der Waals surface area contributed by atoms with Gasteiger partial charge in [-0.05, 0) is 32.6 Å². The van der Waals surface area contributed by atoms with E-state index < -0.39 is 11.2 Å². The molecule has 0 aromatic heterocycles. The van der Waals surface area contributed by atoms with Crippen LogP contribution in [-0.4, -0.2) is 45.9 Å². The Morgan fingerprint density at radius 2 is 1.53 bits per heavy atom. The Balaban J connectivity index is 1.81. The maximum atomic E-state index is 10.3. The summed E-state index contributed by atoms with van der Waals surface area (Å²) in [6.45, 7) is 4.57. The third-order valence-electron chi connectivity index (χ3n) is 3.99. The summed E-state index contributed by atoms with van der Waals surface area (Å²) in [5.41, 5.74) is -0.905. The Kier molecular flexibility index (Phi) is 3.06. The van der Waals surface area contributed by atoms with Crippen molar-refractivity contribution in [2.75, 3.05) is 19.6 Å². The molecular formula is C12H23NO2. The zero-order valence-electron chi connectivity index (χ0n) is 9.71. The van der Waals surface area contributed by atoms with Crippen LogP contribution in [0.4, 0.5) is 0 Å². The molecule has 1 heterocycles. The molecule has 1 saturated heterocycles. The Morgan fingerprint density at radius 1 is 1.00 bits per heavy atom. The van der Waals surface area contributed by atoms with Gasteiger partial charge in [-0.25, -0.2) is 0 Å². The molecule has 3 nitrogen and oxygen atoms in total. The van der Waals surface area contributed by atoms with Gasteiger partial charge in [-0.2, -0.15) is 0 Å². The van der Waals surface area contributed by atoms with Crippen LogP contribution < -0.4 is 0 Å². The van der Waals surface area contributed by atoms with E-state index in [0.29, 0.717) is 0 Å². The van der Waals surface area contributed by atoms with E-state index in [1.165, 1.54) is 12.8 Å². The molecular weight excluding hydrogens is 190 g/mol. The van der Waals surface area contributed by atoms with Crippen LogP contribution in [0.2, 0.25) is 0 Å². The van der Waals surface area contributed by atoms with Crippen molar-refractivity contribution in [3.8, 4) is 0 Å². The van der Waals surface area contributed by atoms with E-state index in [0.717, 1.165) is 45.3 Å². The summed E-state index contributed by atoms with van der Waals surface area (Å²) >= 11 is 0. The van der Waals surface area contributed by atoms with Gasteiger partial charge in [0.2, 0.25) is 0 Å². The molecule has 0 radical (unpaired) electrons. The number of nitrogens with zero attached hydrogens (tertiary/aromatic N) is 1. The number of aliphatic hydroxyl groups is 2. The second-order valence-corrected chi connectivity index (χ2v) is 5.70. The van der Waals surface area contributed by atoms with Gasteiger partial charge in [-0.1, -0.05) is 12.8 Å². The topological polar surface area (TPSA) is 43.7 Å². The summed E-state index contributed by atoms with van der Waals surface area (Å²) in [4.78, 5) is 2.31. The maximum Gasteiger partial charge on any atom is 0.0774 e. The molecule has 2 fully saturated rings. The quantitative estimate of drug-likeness (QED) is 0.723. The number of likely N-dealkylation sites (tertiary alicyclic amines) is 1. The SMILES string of the molecule is CC1(O)CCN(CC2(O)CCCC2)CC1. The molecule has 0 spiro atoms. The maximum absolute atomic E-state index is 10.3. The highest BCUT2D eigenvalue weighted by Crippen LogP contribution is 2.31. The predicted molar refractivity (Wildman–Crippen MR) is 59.7 cm³/mol. The third kappa shape index (κ3) is 2.92. The van der Waals surface area contributed by atoms with Gasteiger partial charge in [0.25, 0.3) is 0 Å². The summed E-state index contributed by atoms with van der Waals surface area (Å²) in [5.74, 6) is 0. The molecule has 1 aliphatic heterocycles. The molecule has 0 aromatic carbocycles. The van der Waals surface area contributed by atoms with Gasteiger partial charge < -0.3 is 15.1 Å². The van der Waals surface area contributed by atoms with Crippen LogP contribution in [0, 0.1) is 0 Å². The lowest BCUT2D eigenvalue weighted by molar-refractivity contribution is -0.0403. The second kappa shape index (κ2) is 4.04. The monoisotopic (exact) mass is 213 g/mol. The van der Waals surface area contributed by atoms with E-state index >= 15 is 0 Å². The van der Waals surface area contributed by atoms with Crippen molar-refractivity contribution < 1.29 is 10.2 Å². The molecule has 2 aliphatic rings. The minimum Gasteiger partial charge on any atom is -0.390 e. The van der Waals surface area contributed by atoms with Crippen molar-refractivity contribution in [2.24, 2.45) is 0 Å². The Labute approximate surface area is 92.1 Å². The van der Waals surface area contributed by atoms with Crippen LogP contribution >= 0.6 is 0 Å². The largest absolute Gasteiger partial charge is 0.390 e. The van der Waals surface area contributed by atoms with Crippen LogP contribution in [0.5, 0.6) is 0 Å². The van der Waals surface area contributed by atoms with E-state index in [1.807, 2.05) is 6.92 Å². The molecule has 0 aromatic rings. The van der Waals surface area contributed by atoms with Crippen LogP contribution in [0.15, 0.2) is 0 Å². The van der Waals surface area contributed by atoms with Crippen molar-refractivity contribution in [2.45, 2.75) is 56.7 Å². The van der Waals surface area contributed by atoms with E-state index in [1.54, 1.807) is 0 Å². The lowest BCUT2D eigenvalue weighted by atomic mass is 9.92. The summed E-state index contributed by atoms with van der Waals surface area (Å²) in [7, 11) is 0. The Bertz CT molecular complexity index is 212. The van der Waals surface area contributed by atoms with Crippen molar-refractivity contribution in [1.82, 2.24) is 4.90 Å². The number of hydrogen-bond donors (Lipinski definition) is 2. The normalized spacial score (nSPS) is 30.6. The van der Waals surface area contributed by atoms with E-state index in [-0.39, 0.29) is 0 Å². The first-order valence-electron chi connectivity index (χ1n) is 6.16. The van der Waals surface area contributed by atoms with E-state index in [2.05, 4.69) is 4.90 Å². The molecule has 2 N–H and O–H groups in total. The van der Waals surface area contributed by atoms with Crippen LogP contribution in [0.1, 0.15) is 45.4 Å². The number of hydrogen-bond acceptors (Lipinski definition) is 3. The van der Waals surface area contributed by atoms with Crippen LogP contribution in [-0.2, 0) is 0 Å². The van der Waals surface area contributed by atoms with Gasteiger partial charge in [0.05, 0.1) is 11.2 Å². The van der Waals surface area contributed by atoms with Crippen molar-refractivity contribution >= 4 is 0 Å². The Hall–Kier alpha value is -0.120. The molecule has 0 bridgehead atoms. The minimum atomic E-state index is -0.477. The third-order valence-corrected chi connectivity index (χ3v) is 3.99. The minimum absolute atomic E-state index is 0.427. The summed E-state index contributed by atoms with van der Waals surface area (Å²) in [6.07, 6.45) is 5.93. The van der Waals surface area contributed by atoms with E-state index in [4.69, 9.17) is 0 Å². The average molecular weight is 213 g/mol. The molecule has 1 aliphatic carbocycles. The Morgan fingerprint density at radius 3 is 2.07 bits per heavy atom.